The SMILES string of the molecule is CC1(Cn2c(=S)[nH]c3cc(Cl)ccc32)CCCO1. The van der Waals surface area contributed by atoms with E-state index in [2.05, 4.69) is 16.5 Å². The molecule has 1 aromatic heterocycles. The number of fused-ring (bicyclic) bond motifs is 1. The smallest absolute Gasteiger partial charge is 0.178 e. The molecule has 0 bridgehead atoms. The zero-order valence-corrected chi connectivity index (χ0v) is 11.8. The molecule has 1 aliphatic heterocycles. The Morgan fingerprint density at radius 2 is 2.39 bits per heavy atom. The van der Waals surface area contributed by atoms with Gasteiger partial charge < -0.3 is 14.3 Å². The van der Waals surface area contributed by atoms with Gasteiger partial charge in [-0.1, -0.05) is 11.6 Å². The minimum atomic E-state index is -0.104. The first-order valence-electron chi connectivity index (χ1n) is 6.09. The Bertz CT molecular complexity index is 640. The number of benzene rings is 1. The van der Waals surface area contributed by atoms with Crippen LogP contribution in [0.2, 0.25) is 5.02 Å². The van der Waals surface area contributed by atoms with E-state index in [-0.39, 0.29) is 5.60 Å². The molecule has 2 aromatic rings. The van der Waals surface area contributed by atoms with E-state index in [1.807, 2.05) is 18.2 Å². The number of rotatable bonds is 2. The van der Waals surface area contributed by atoms with Crippen LogP contribution in [-0.4, -0.2) is 21.8 Å². The summed E-state index contributed by atoms with van der Waals surface area (Å²) in [7, 11) is 0. The minimum absolute atomic E-state index is 0.104. The third kappa shape index (κ3) is 2.09. The van der Waals surface area contributed by atoms with Crippen molar-refractivity contribution < 1.29 is 4.74 Å². The molecule has 1 unspecified atom stereocenters. The van der Waals surface area contributed by atoms with Gasteiger partial charge in [0.25, 0.3) is 0 Å². The van der Waals surface area contributed by atoms with Crippen molar-refractivity contribution >= 4 is 34.9 Å². The summed E-state index contributed by atoms with van der Waals surface area (Å²) in [5, 5.41) is 0.717. The van der Waals surface area contributed by atoms with Crippen LogP contribution in [0.25, 0.3) is 11.0 Å². The first-order chi connectivity index (χ1) is 8.57. The number of ether oxygens (including phenoxy) is 1. The van der Waals surface area contributed by atoms with Gasteiger partial charge in [-0.2, -0.15) is 0 Å². The van der Waals surface area contributed by atoms with Crippen molar-refractivity contribution in [2.24, 2.45) is 0 Å². The van der Waals surface area contributed by atoms with Crippen LogP contribution >= 0.6 is 23.8 Å². The van der Waals surface area contributed by atoms with Gasteiger partial charge in [0.2, 0.25) is 0 Å². The molecule has 0 amide bonds. The van der Waals surface area contributed by atoms with E-state index in [1.165, 1.54) is 0 Å². The van der Waals surface area contributed by atoms with E-state index in [0.717, 1.165) is 41.8 Å². The zero-order valence-electron chi connectivity index (χ0n) is 10.2. The summed E-state index contributed by atoms with van der Waals surface area (Å²) in [6.07, 6.45) is 2.20. The maximum absolute atomic E-state index is 5.99. The molecule has 0 spiro atoms. The topological polar surface area (TPSA) is 29.9 Å². The molecule has 1 fully saturated rings. The third-order valence-electron chi connectivity index (χ3n) is 3.53. The molecule has 1 atom stereocenters. The average molecular weight is 283 g/mol. The van der Waals surface area contributed by atoms with Crippen LogP contribution in [0.1, 0.15) is 19.8 Å². The number of halogens is 1. The van der Waals surface area contributed by atoms with E-state index in [9.17, 15) is 0 Å². The van der Waals surface area contributed by atoms with Crippen molar-refractivity contribution in [3.8, 4) is 0 Å². The Hall–Kier alpha value is -0.840. The maximum atomic E-state index is 5.99. The normalized spacial score (nSPS) is 23.9. The van der Waals surface area contributed by atoms with Gasteiger partial charge in [0.05, 0.1) is 23.2 Å². The lowest BCUT2D eigenvalue weighted by Crippen LogP contribution is -2.29. The second-order valence-electron chi connectivity index (χ2n) is 5.08. The summed E-state index contributed by atoms with van der Waals surface area (Å²) >= 11 is 11.4. The van der Waals surface area contributed by atoms with Crippen molar-refractivity contribution in [3.63, 3.8) is 0 Å². The zero-order chi connectivity index (χ0) is 12.8. The predicted octanol–water partition coefficient (Wildman–Crippen LogP) is 3.92. The molecule has 5 heteroatoms. The van der Waals surface area contributed by atoms with Crippen LogP contribution in [0.3, 0.4) is 0 Å². The second-order valence-corrected chi connectivity index (χ2v) is 5.90. The highest BCUT2D eigenvalue weighted by atomic mass is 35.5. The van der Waals surface area contributed by atoms with Gasteiger partial charge in [0, 0.05) is 11.6 Å². The predicted molar refractivity (Wildman–Crippen MR) is 75.7 cm³/mol. The van der Waals surface area contributed by atoms with Gasteiger partial charge in [-0.25, -0.2) is 0 Å². The number of nitrogens with one attached hydrogen (secondary N) is 1. The number of imidazole rings is 1. The van der Waals surface area contributed by atoms with Crippen LogP contribution in [0.4, 0.5) is 0 Å². The Labute approximate surface area is 116 Å². The molecule has 1 N–H and O–H groups in total. The minimum Gasteiger partial charge on any atom is -0.373 e. The monoisotopic (exact) mass is 282 g/mol. The molecule has 0 radical (unpaired) electrons. The summed E-state index contributed by atoms with van der Waals surface area (Å²) in [4.78, 5) is 3.20. The lowest BCUT2D eigenvalue weighted by atomic mass is 10.0. The van der Waals surface area contributed by atoms with Crippen molar-refractivity contribution in [1.82, 2.24) is 9.55 Å². The molecule has 0 aliphatic carbocycles. The maximum Gasteiger partial charge on any atom is 0.178 e. The number of hydrogen-bond acceptors (Lipinski definition) is 2. The molecular weight excluding hydrogens is 268 g/mol. The van der Waals surface area contributed by atoms with E-state index < -0.39 is 0 Å². The van der Waals surface area contributed by atoms with E-state index in [0.29, 0.717) is 5.02 Å². The summed E-state index contributed by atoms with van der Waals surface area (Å²) in [6.45, 7) is 3.78. The summed E-state index contributed by atoms with van der Waals surface area (Å²) in [6, 6.07) is 5.80. The Morgan fingerprint density at radius 1 is 1.56 bits per heavy atom. The van der Waals surface area contributed by atoms with E-state index in [4.69, 9.17) is 28.6 Å². The highest BCUT2D eigenvalue weighted by Gasteiger charge is 2.30. The summed E-state index contributed by atoms with van der Waals surface area (Å²) < 4.78 is 8.66. The van der Waals surface area contributed by atoms with Crippen molar-refractivity contribution in [1.29, 1.82) is 0 Å². The van der Waals surface area contributed by atoms with Crippen LogP contribution in [0.15, 0.2) is 18.2 Å². The van der Waals surface area contributed by atoms with E-state index in [1.54, 1.807) is 0 Å². The van der Waals surface area contributed by atoms with Gasteiger partial charge in [-0.3, -0.25) is 0 Å². The summed E-state index contributed by atoms with van der Waals surface area (Å²) in [5.74, 6) is 0. The van der Waals surface area contributed by atoms with Crippen molar-refractivity contribution in [3.05, 3.63) is 28.0 Å². The first kappa shape index (κ1) is 12.2. The van der Waals surface area contributed by atoms with Crippen molar-refractivity contribution in [2.45, 2.75) is 31.9 Å². The lowest BCUT2D eigenvalue weighted by Gasteiger charge is -2.23. The molecule has 1 aliphatic rings. The van der Waals surface area contributed by atoms with Gasteiger partial charge in [-0.05, 0) is 50.2 Å². The van der Waals surface area contributed by atoms with Crippen molar-refractivity contribution in [2.75, 3.05) is 6.61 Å². The lowest BCUT2D eigenvalue weighted by molar-refractivity contribution is 0.00679. The fourth-order valence-corrected chi connectivity index (χ4v) is 3.03. The highest BCUT2D eigenvalue weighted by molar-refractivity contribution is 7.71. The third-order valence-corrected chi connectivity index (χ3v) is 4.09. The molecule has 0 saturated carbocycles. The molecule has 18 heavy (non-hydrogen) atoms. The molecule has 3 rings (SSSR count). The van der Waals surface area contributed by atoms with Gasteiger partial charge >= 0.3 is 0 Å². The van der Waals surface area contributed by atoms with Gasteiger partial charge in [0.15, 0.2) is 4.77 Å². The van der Waals surface area contributed by atoms with Crippen LogP contribution < -0.4 is 0 Å². The van der Waals surface area contributed by atoms with Crippen LogP contribution in [0.5, 0.6) is 0 Å². The molecule has 1 aromatic carbocycles. The molecular formula is C13H15ClN2OS. The fraction of sp³-hybridized carbons (Fsp3) is 0.462. The molecule has 3 nitrogen and oxygen atoms in total. The quantitative estimate of drug-likeness (QED) is 0.846. The standard InChI is InChI=1S/C13H15ClN2OS/c1-13(5-2-6-17-13)8-16-11-4-3-9(14)7-10(11)15-12(16)18/h3-4,7H,2,5-6,8H2,1H3,(H,15,18). The van der Waals surface area contributed by atoms with Gasteiger partial charge in [-0.15, -0.1) is 0 Å². The molecule has 2 heterocycles. The number of aromatic amines is 1. The Kier molecular flexibility index (Phi) is 2.96. The van der Waals surface area contributed by atoms with E-state index >= 15 is 0 Å². The van der Waals surface area contributed by atoms with Crippen LogP contribution in [-0.2, 0) is 11.3 Å². The number of H-pyrrole nitrogens is 1. The Morgan fingerprint density at radius 3 is 3.11 bits per heavy atom. The first-order valence-corrected chi connectivity index (χ1v) is 6.88. The Balaban J connectivity index is 2.06. The largest absolute Gasteiger partial charge is 0.373 e. The summed E-state index contributed by atoms with van der Waals surface area (Å²) in [5.41, 5.74) is 1.96. The highest BCUT2D eigenvalue weighted by Crippen LogP contribution is 2.29. The van der Waals surface area contributed by atoms with Gasteiger partial charge in [0.1, 0.15) is 0 Å². The number of hydrogen-bond donors (Lipinski definition) is 1. The molecule has 1 saturated heterocycles. The fourth-order valence-electron chi connectivity index (χ4n) is 2.59. The number of aromatic nitrogens is 2. The average Bonchev–Trinajstić information content (AvgIpc) is 2.85. The van der Waals surface area contributed by atoms with Crippen LogP contribution in [0, 0.1) is 4.77 Å². The number of nitrogens with zero attached hydrogens (tertiary/aromatic N) is 1. The molecule has 96 valence electrons. The second kappa shape index (κ2) is 4.37.